The number of methoxy groups -OCH3 is 1. The summed E-state index contributed by atoms with van der Waals surface area (Å²) in [6.45, 7) is 1.30. The minimum atomic E-state index is -3.48. The van der Waals surface area contributed by atoms with Crippen LogP contribution in [0.1, 0.15) is 31.2 Å². The minimum Gasteiger partial charge on any atom is -0.496 e. The molecule has 1 aromatic rings. The molecule has 2 aliphatic rings. The van der Waals surface area contributed by atoms with Crippen LogP contribution in [0.4, 0.5) is 0 Å². The lowest BCUT2D eigenvalue weighted by molar-refractivity contribution is -0.117. The molecule has 174 valence electrons. The third-order valence-electron chi connectivity index (χ3n) is 6.24. The van der Waals surface area contributed by atoms with Gasteiger partial charge in [0.05, 0.1) is 12.7 Å². The summed E-state index contributed by atoms with van der Waals surface area (Å²) in [5.74, 6) is 0.355. The normalized spacial score (nSPS) is 22.5. The summed E-state index contributed by atoms with van der Waals surface area (Å²) in [5.41, 5.74) is 1.28. The Balaban J connectivity index is 1.83. The van der Waals surface area contributed by atoms with Gasteiger partial charge in [-0.15, -0.1) is 0 Å². The molecule has 0 saturated carbocycles. The second kappa shape index (κ2) is 10.5. The van der Waals surface area contributed by atoms with Crippen LogP contribution >= 0.6 is 0 Å². The van der Waals surface area contributed by atoms with E-state index in [0.29, 0.717) is 50.2 Å². The van der Waals surface area contributed by atoms with Crippen LogP contribution in [0.2, 0.25) is 0 Å². The molecule has 0 aromatic heterocycles. The van der Waals surface area contributed by atoms with Crippen molar-refractivity contribution in [2.24, 2.45) is 0 Å². The Hall–Kier alpha value is -2.42. The van der Waals surface area contributed by atoms with E-state index < -0.39 is 10.2 Å². The molecule has 1 unspecified atom stereocenters. The number of hydrogen-bond donors (Lipinski definition) is 1. The lowest BCUT2D eigenvalue weighted by Crippen LogP contribution is -2.44. The second-order valence-electron chi connectivity index (χ2n) is 8.39. The molecule has 0 radical (unpaired) electrons. The van der Waals surface area contributed by atoms with Crippen LogP contribution in [0, 0.1) is 0 Å². The van der Waals surface area contributed by atoms with Crippen molar-refractivity contribution < 1.29 is 17.9 Å². The Labute approximate surface area is 191 Å². The minimum absolute atomic E-state index is 0.181. The van der Waals surface area contributed by atoms with Gasteiger partial charge in [-0.1, -0.05) is 48.6 Å². The van der Waals surface area contributed by atoms with E-state index in [2.05, 4.69) is 17.4 Å². The molecule has 1 aliphatic heterocycles. The quantitative estimate of drug-likeness (QED) is 0.680. The highest BCUT2D eigenvalue weighted by Gasteiger charge is 2.38. The summed E-state index contributed by atoms with van der Waals surface area (Å²) in [4.78, 5) is 13.1. The number of amides is 1. The van der Waals surface area contributed by atoms with Gasteiger partial charge >= 0.3 is 0 Å². The lowest BCUT2D eigenvalue weighted by atomic mass is 9.74. The van der Waals surface area contributed by atoms with Gasteiger partial charge < -0.3 is 10.1 Å². The lowest BCUT2D eigenvalue weighted by Gasteiger charge is -2.34. The zero-order valence-electron chi connectivity index (χ0n) is 19.1. The Morgan fingerprint density at radius 2 is 1.94 bits per heavy atom. The number of carbonyl (C=O) groups excluding carboxylic acids is 1. The maximum Gasteiger partial charge on any atom is 0.281 e. The SMILES string of the molecule is COC1=CC=CCC=C1C(=O)NCC1(c2ccccc2)CCCN(S(=O)(=O)N(C)C)CC1. The summed E-state index contributed by atoms with van der Waals surface area (Å²) < 4.78 is 33.6. The van der Waals surface area contributed by atoms with Crippen molar-refractivity contribution in [1.29, 1.82) is 0 Å². The van der Waals surface area contributed by atoms with Crippen molar-refractivity contribution in [1.82, 2.24) is 13.9 Å². The maximum absolute atomic E-state index is 13.1. The van der Waals surface area contributed by atoms with Gasteiger partial charge in [0.15, 0.2) is 0 Å². The summed E-state index contributed by atoms with van der Waals surface area (Å²) in [6, 6.07) is 10.1. The van der Waals surface area contributed by atoms with E-state index in [-0.39, 0.29) is 11.3 Å². The van der Waals surface area contributed by atoms with Gasteiger partial charge in [0.25, 0.3) is 16.1 Å². The van der Waals surface area contributed by atoms with Crippen molar-refractivity contribution in [3.63, 3.8) is 0 Å². The summed E-state index contributed by atoms with van der Waals surface area (Å²) >= 11 is 0. The number of carbonyl (C=O) groups is 1. The molecule has 32 heavy (non-hydrogen) atoms. The highest BCUT2D eigenvalue weighted by Crippen LogP contribution is 2.36. The largest absolute Gasteiger partial charge is 0.496 e. The van der Waals surface area contributed by atoms with Gasteiger partial charge in [-0.3, -0.25) is 4.79 Å². The van der Waals surface area contributed by atoms with Gasteiger partial charge in [0, 0.05) is 39.1 Å². The number of nitrogens with one attached hydrogen (secondary N) is 1. The molecule has 1 heterocycles. The molecule has 3 rings (SSSR count). The predicted molar refractivity (Wildman–Crippen MR) is 126 cm³/mol. The summed E-state index contributed by atoms with van der Waals surface area (Å²) in [7, 11) is 1.19. The fraction of sp³-hybridized carbons (Fsp3) is 0.458. The van der Waals surface area contributed by atoms with E-state index in [1.807, 2.05) is 36.4 Å². The number of benzene rings is 1. The van der Waals surface area contributed by atoms with Crippen molar-refractivity contribution in [2.75, 3.05) is 40.8 Å². The highest BCUT2D eigenvalue weighted by atomic mass is 32.2. The number of nitrogens with zero attached hydrogens (tertiary/aromatic N) is 2. The fourth-order valence-electron chi connectivity index (χ4n) is 4.33. The van der Waals surface area contributed by atoms with E-state index in [1.165, 1.54) is 4.31 Å². The van der Waals surface area contributed by atoms with E-state index in [1.54, 1.807) is 31.6 Å². The molecular weight excluding hydrogens is 426 g/mol. The van der Waals surface area contributed by atoms with Crippen molar-refractivity contribution in [3.8, 4) is 0 Å². The highest BCUT2D eigenvalue weighted by molar-refractivity contribution is 7.86. The zero-order valence-corrected chi connectivity index (χ0v) is 19.9. The van der Waals surface area contributed by atoms with Crippen LogP contribution in [-0.2, 0) is 25.2 Å². The average Bonchev–Trinajstić information content (AvgIpc) is 3.17. The monoisotopic (exact) mass is 459 g/mol. The summed E-state index contributed by atoms with van der Waals surface area (Å²) in [6.07, 6.45) is 10.3. The van der Waals surface area contributed by atoms with Crippen LogP contribution in [0.25, 0.3) is 0 Å². The fourth-order valence-corrected chi connectivity index (χ4v) is 5.47. The van der Waals surface area contributed by atoms with Crippen LogP contribution in [0.15, 0.2) is 66.0 Å². The smallest absolute Gasteiger partial charge is 0.281 e. The molecule has 0 bridgehead atoms. The Morgan fingerprint density at radius 3 is 2.62 bits per heavy atom. The van der Waals surface area contributed by atoms with E-state index >= 15 is 0 Å². The molecule has 1 atom stereocenters. The first-order valence-electron chi connectivity index (χ1n) is 10.9. The van der Waals surface area contributed by atoms with E-state index in [0.717, 1.165) is 12.0 Å². The second-order valence-corrected chi connectivity index (χ2v) is 10.5. The van der Waals surface area contributed by atoms with Crippen LogP contribution in [-0.4, -0.2) is 63.8 Å². The zero-order chi connectivity index (χ0) is 23.2. The molecule has 1 aliphatic carbocycles. The number of ether oxygens (including phenoxy) is 1. The molecule has 1 N–H and O–H groups in total. The molecule has 8 heteroatoms. The third kappa shape index (κ3) is 5.31. The molecule has 1 amide bonds. The average molecular weight is 460 g/mol. The van der Waals surface area contributed by atoms with Crippen molar-refractivity contribution in [3.05, 3.63) is 71.5 Å². The molecule has 1 fully saturated rings. The topological polar surface area (TPSA) is 79.0 Å². The standard InChI is InChI=1S/C24H33N3O4S/c1-26(2)32(29,30)27-17-10-15-24(16-18-27,20-11-6-4-7-12-20)19-25-23(28)21-13-8-5-9-14-22(21)31-3/h4-7,9,11-14H,8,10,15-19H2,1-3H3,(H,25,28). The van der Waals surface area contributed by atoms with Crippen LogP contribution in [0.5, 0.6) is 0 Å². The Morgan fingerprint density at radius 1 is 1.19 bits per heavy atom. The van der Waals surface area contributed by atoms with Gasteiger partial charge in [-0.05, 0) is 37.3 Å². The predicted octanol–water partition coefficient (Wildman–Crippen LogP) is 2.75. The number of hydrogen-bond acceptors (Lipinski definition) is 4. The van der Waals surface area contributed by atoms with Crippen LogP contribution < -0.4 is 5.32 Å². The molecular formula is C24H33N3O4S. The molecule has 1 saturated heterocycles. The molecule has 7 nitrogen and oxygen atoms in total. The van der Waals surface area contributed by atoms with Crippen molar-refractivity contribution in [2.45, 2.75) is 31.1 Å². The van der Waals surface area contributed by atoms with E-state index in [9.17, 15) is 13.2 Å². The molecule has 1 aromatic carbocycles. The van der Waals surface area contributed by atoms with Gasteiger partial charge in [0.1, 0.15) is 5.76 Å². The first-order valence-corrected chi connectivity index (χ1v) is 12.3. The summed E-state index contributed by atoms with van der Waals surface area (Å²) in [5, 5.41) is 3.12. The third-order valence-corrected chi connectivity index (χ3v) is 8.18. The van der Waals surface area contributed by atoms with Gasteiger partial charge in [-0.2, -0.15) is 17.0 Å². The van der Waals surface area contributed by atoms with E-state index in [4.69, 9.17) is 4.74 Å². The van der Waals surface area contributed by atoms with Gasteiger partial charge in [0.2, 0.25) is 0 Å². The van der Waals surface area contributed by atoms with Crippen molar-refractivity contribution >= 4 is 16.1 Å². The first kappa shape index (κ1) is 24.2. The first-order chi connectivity index (χ1) is 15.3. The van der Waals surface area contributed by atoms with Crippen LogP contribution in [0.3, 0.4) is 0 Å². The number of rotatable bonds is 7. The Bertz CT molecular complexity index is 999. The maximum atomic E-state index is 13.1. The number of allylic oxidation sites excluding steroid dienone is 4. The van der Waals surface area contributed by atoms with Gasteiger partial charge in [-0.25, -0.2) is 0 Å². The Kier molecular flexibility index (Phi) is 7.92. The molecule has 0 spiro atoms.